The molecule has 3 aromatic rings. The largest absolute Gasteiger partial charge is 0.336 e. The van der Waals surface area contributed by atoms with Gasteiger partial charge in [-0.2, -0.15) is 5.10 Å². The Morgan fingerprint density at radius 2 is 1.83 bits per heavy atom. The standard InChI is InChI=1S/C22H25FN6O/c1-15(2)20-17(21(30)28-12-10-27(3)11-13-28)14-25-29(20)22-24-9-8-19(26-22)16-6-4-5-7-18(16)23/h4-9,14-15H,10-13H2,1-3H3. The summed E-state index contributed by atoms with van der Waals surface area (Å²) in [5, 5.41) is 4.44. The molecule has 1 saturated heterocycles. The lowest BCUT2D eigenvalue weighted by Gasteiger charge is -2.32. The number of rotatable bonds is 4. The van der Waals surface area contributed by atoms with Gasteiger partial charge in [0.2, 0.25) is 0 Å². The summed E-state index contributed by atoms with van der Waals surface area (Å²) in [5.41, 5.74) is 2.18. The molecule has 0 bridgehead atoms. The highest BCUT2D eigenvalue weighted by Crippen LogP contribution is 2.25. The van der Waals surface area contributed by atoms with Gasteiger partial charge < -0.3 is 9.80 Å². The molecule has 1 fully saturated rings. The van der Waals surface area contributed by atoms with Crippen LogP contribution >= 0.6 is 0 Å². The van der Waals surface area contributed by atoms with Crippen LogP contribution in [0.4, 0.5) is 4.39 Å². The molecule has 2 aromatic heterocycles. The molecule has 7 nitrogen and oxygen atoms in total. The highest BCUT2D eigenvalue weighted by atomic mass is 19.1. The fourth-order valence-corrected chi connectivity index (χ4v) is 3.69. The summed E-state index contributed by atoms with van der Waals surface area (Å²) in [4.78, 5) is 26.1. The number of hydrogen-bond acceptors (Lipinski definition) is 5. The fourth-order valence-electron chi connectivity index (χ4n) is 3.69. The zero-order valence-corrected chi connectivity index (χ0v) is 17.4. The predicted octanol–water partition coefficient (Wildman–Crippen LogP) is 2.98. The lowest BCUT2D eigenvalue weighted by atomic mass is 10.0. The number of likely N-dealkylation sites (N-methyl/N-ethyl adjacent to an activating group) is 1. The molecule has 0 radical (unpaired) electrons. The normalized spacial score (nSPS) is 15.0. The minimum atomic E-state index is -0.349. The van der Waals surface area contributed by atoms with Crippen LogP contribution in [0.2, 0.25) is 0 Å². The van der Waals surface area contributed by atoms with E-state index in [4.69, 9.17) is 0 Å². The quantitative estimate of drug-likeness (QED) is 0.664. The Kier molecular flexibility index (Phi) is 5.59. The van der Waals surface area contributed by atoms with Gasteiger partial charge in [0.1, 0.15) is 5.82 Å². The second kappa shape index (κ2) is 8.31. The number of piperazine rings is 1. The highest BCUT2D eigenvalue weighted by molar-refractivity contribution is 5.95. The third-order valence-electron chi connectivity index (χ3n) is 5.36. The number of carbonyl (C=O) groups excluding carboxylic acids is 1. The Labute approximate surface area is 175 Å². The second-order valence-corrected chi connectivity index (χ2v) is 7.83. The van der Waals surface area contributed by atoms with Crippen LogP contribution < -0.4 is 0 Å². The monoisotopic (exact) mass is 408 g/mol. The first kappa shape index (κ1) is 20.2. The van der Waals surface area contributed by atoms with Crippen molar-refractivity contribution < 1.29 is 9.18 Å². The maximum Gasteiger partial charge on any atom is 0.257 e. The van der Waals surface area contributed by atoms with E-state index in [1.807, 2.05) is 18.7 Å². The maximum absolute atomic E-state index is 14.2. The summed E-state index contributed by atoms with van der Waals surface area (Å²) in [6.07, 6.45) is 3.17. The van der Waals surface area contributed by atoms with Crippen LogP contribution in [0.5, 0.6) is 0 Å². The Morgan fingerprint density at radius 3 is 2.53 bits per heavy atom. The van der Waals surface area contributed by atoms with Gasteiger partial charge in [0.15, 0.2) is 0 Å². The molecule has 1 amide bonds. The molecule has 0 unspecified atom stereocenters. The number of halogens is 1. The molecule has 8 heteroatoms. The molecular formula is C22H25FN6O. The summed E-state index contributed by atoms with van der Waals surface area (Å²) < 4.78 is 15.8. The lowest BCUT2D eigenvalue weighted by Crippen LogP contribution is -2.47. The number of benzene rings is 1. The highest BCUT2D eigenvalue weighted by Gasteiger charge is 2.27. The smallest absolute Gasteiger partial charge is 0.257 e. The lowest BCUT2D eigenvalue weighted by molar-refractivity contribution is 0.0662. The minimum Gasteiger partial charge on any atom is -0.336 e. The Hall–Kier alpha value is -3.13. The molecule has 1 aliphatic heterocycles. The molecule has 4 rings (SSSR count). The number of aromatic nitrogens is 4. The molecule has 0 aliphatic carbocycles. The van der Waals surface area contributed by atoms with E-state index in [2.05, 4.69) is 27.0 Å². The summed E-state index contributed by atoms with van der Waals surface area (Å²) >= 11 is 0. The second-order valence-electron chi connectivity index (χ2n) is 7.83. The maximum atomic E-state index is 14.2. The number of carbonyl (C=O) groups is 1. The number of amides is 1. The van der Waals surface area contributed by atoms with Crippen molar-refractivity contribution in [2.75, 3.05) is 33.2 Å². The van der Waals surface area contributed by atoms with Gasteiger partial charge in [-0.25, -0.2) is 19.0 Å². The average molecular weight is 408 g/mol. The van der Waals surface area contributed by atoms with Crippen LogP contribution in [0.3, 0.4) is 0 Å². The van der Waals surface area contributed by atoms with Gasteiger partial charge in [0.05, 0.1) is 23.1 Å². The van der Waals surface area contributed by atoms with Crippen LogP contribution in [0.1, 0.15) is 35.8 Å². The van der Waals surface area contributed by atoms with Gasteiger partial charge in [0, 0.05) is 37.9 Å². The molecule has 3 heterocycles. The van der Waals surface area contributed by atoms with Crippen molar-refractivity contribution >= 4 is 5.91 Å². The van der Waals surface area contributed by atoms with E-state index in [1.54, 1.807) is 41.3 Å². The van der Waals surface area contributed by atoms with Gasteiger partial charge in [-0.3, -0.25) is 4.79 Å². The van der Waals surface area contributed by atoms with Gasteiger partial charge in [-0.15, -0.1) is 0 Å². The van der Waals surface area contributed by atoms with Crippen LogP contribution in [-0.2, 0) is 0 Å². The molecule has 156 valence electrons. The predicted molar refractivity (Wildman–Crippen MR) is 112 cm³/mol. The third kappa shape index (κ3) is 3.82. The molecule has 0 atom stereocenters. The first-order valence-electron chi connectivity index (χ1n) is 10.1. The van der Waals surface area contributed by atoms with Crippen LogP contribution in [-0.4, -0.2) is 68.7 Å². The van der Waals surface area contributed by atoms with Crippen molar-refractivity contribution in [2.45, 2.75) is 19.8 Å². The zero-order valence-electron chi connectivity index (χ0n) is 17.4. The van der Waals surface area contributed by atoms with E-state index in [0.717, 1.165) is 18.8 Å². The first-order chi connectivity index (χ1) is 14.5. The van der Waals surface area contributed by atoms with Crippen molar-refractivity contribution in [2.24, 2.45) is 0 Å². The third-order valence-corrected chi connectivity index (χ3v) is 5.36. The molecule has 0 spiro atoms. The van der Waals surface area contributed by atoms with E-state index < -0.39 is 0 Å². The van der Waals surface area contributed by atoms with E-state index in [1.165, 1.54) is 6.07 Å². The number of nitrogens with zero attached hydrogens (tertiary/aromatic N) is 6. The zero-order chi connectivity index (χ0) is 21.3. The van der Waals surface area contributed by atoms with Crippen molar-refractivity contribution in [1.82, 2.24) is 29.5 Å². The Bertz CT molecular complexity index is 1060. The van der Waals surface area contributed by atoms with Gasteiger partial charge in [0.25, 0.3) is 11.9 Å². The van der Waals surface area contributed by atoms with Crippen LogP contribution in [0.15, 0.2) is 42.7 Å². The molecule has 1 aliphatic rings. The van der Waals surface area contributed by atoms with Crippen LogP contribution in [0.25, 0.3) is 17.2 Å². The molecule has 0 saturated carbocycles. The fraction of sp³-hybridized carbons (Fsp3) is 0.364. The van der Waals surface area contributed by atoms with Gasteiger partial charge in [-0.1, -0.05) is 26.0 Å². The van der Waals surface area contributed by atoms with E-state index >= 15 is 0 Å². The average Bonchev–Trinajstić information content (AvgIpc) is 3.20. The van der Waals surface area contributed by atoms with E-state index in [-0.39, 0.29) is 17.6 Å². The van der Waals surface area contributed by atoms with Crippen molar-refractivity contribution in [3.05, 3.63) is 59.8 Å². The molecular weight excluding hydrogens is 383 g/mol. The summed E-state index contributed by atoms with van der Waals surface area (Å²) in [7, 11) is 2.05. The van der Waals surface area contributed by atoms with Crippen molar-refractivity contribution in [1.29, 1.82) is 0 Å². The number of hydrogen-bond donors (Lipinski definition) is 0. The van der Waals surface area contributed by atoms with E-state index in [0.29, 0.717) is 35.9 Å². The van der Waals surface area contributed by atoms with Crippen LogP contribution in [0, 0.1) is 5.82 Å². The summed E-state index contributed by atoms with van der Waals surface area (Å²) in [6.45, 7) is 7.11. The SMILES string of the molecule is CC(C)c1c(C(=O)N2CCN(C)CC2)cnn1-c1nccc(-c2ccccc2F)n1. The molecule has 30 heavy (non-hydrogen) atoms. The summed E-state index contributed by atoms with van der Waals surface area (Å²) in [6, 6.07) is 8.15. The van der Waals surface area contributed by atoms with Gasteiger partial charge >= 0.3 is 0 Å². The summed E-state index contributed by atoms with van der Waals surface area (Å²) in [5.74, 6) is -0.0301. The van der Waals surface area contributed by atoms with Crippen molar-refractivity contribution in [3.8, 4) is 17.2 Å². The van der Waals surface area contributed by atoms with E-state index in [9.17, 15) is 9.18 Å². The van der Waals surface area contributed by atoms with Crippen molar-refractivity contribution in [3.63, 3.8) is 0 Å². The minimum absolute atomic E-state index is 0.0247. The topological polar surface area (TPSA) is 67.2 Å². The Morgan fingerprint density at radius 1 is 1.10 bits per heavy atom. The van der Waals surface area contributed by atoms with Gasteiger partial charge in [-0.05, 0) is 31.2 Å². The first-order valence-corrected chi connectivity index (χ1v) is 10.1. The Balaban J connectivity index is 1.71. The molecule has 1 aromatic carbocycles. The molecule has 0 N–H and O–H groups in total.